The Morgan fingerprint density at radius 1 is 1.14 bits per heavy atom. The zero-order chi connectivity index (χ0) is 19.9. The van der Waals surface area contributed by atoms with Crippen LogP contribution >= 0.6 is 0 Å². The maximum Gasteiger partial charge on any atom is 0.325 e. The minimum atomic E-state index is -1.29. The summed E-state index contributed by atoms with van der Waals surface area (Å²) in [5, 5.41) is 13.7. The zero-order valence-electron chi connectivity index (χ0n) is 14.6. The molecule has 3 amide bonds. The molecule has 28 heavy (non-hydrogen) atoms. The molecule has 0 aliphatic carbocycles. The Kier molecular flexibility index (Phi) is 3.84. The summed E-state index contributed by atoms with van der Waals surface area (Å²) in [6.07, 6.45) is 1.43. The minimum Gasteiger partial charge on any atom is -0.368 e. The molecule has 13 heteroatoms. The van der Waals surface area contributed by atoms with E-state index in [1.807, 2.05) is 0 Å². The summed E-state index contributed by atoms with van der Waals surface area (Å²) in [4.78, 5) is 38.0. The van der Waals surface area contributed by atoms with Crippen molar-refractivity contribution in [2.45, 2.75) is 19.0 Å². The van der Waals surface area contributed by atoms with Gasteiger partial charge in [0.1, 0.15) is 11.9 Å². The Hall–Kier alpha value is -4.16. The van der Waals surface area contributed by atoms with Crippen LogP contribution in [0.1, 0.15) is 18.3 Å². The molecule has 0 saturated carbocycles. The Morgan fingerprint density at radius 2 is 1.89 bits per heavy atom. The molecule has 1 aliphatic rings. The molecule has 1 saturated heterocycles. The van der Waals surface area contributed by atoms with Crippen LogP contribution in [0, 0.1) is 0 Å². The molecule has 4 rings (SSSR count). The van der Waals surface area contributed by atoms with E-state index in [2.05, 4.69) is 35.8 Å². The Bertz CT molecular complexity index is 1050. The van der Waals surface area contributed by atoms with E-state index in [4.69, 9.17) is 11.5 Å². The molecule has 13 nitrogen and oxygen atoms in total. The van der Waals surface area contributed by atoms with E-state index >= 15 is 0 Å². The molecular formula is C15H15N11O2. The summed E-state index contributed by atoms with van der Waals surface area (Å²) in [5.41, 5.74) is 11.0. The first-order valence-corrected chi connectivity index (χ1v) is 8.11. The third kappa shape index (κ3) is 2.84. The number of nitrogens with one attached hydrogen (secondary N) is 1. The van der Waals surface area contributed by atoms with Gasteiger partial charge < -0.3 is 16.8 Å². The fourth-order valence-electron chi connectivity index (χ4n) is 2.94. The number of carbonyl (C=O) groups excluding carboxylic acids is 2. The van der Waals surface area contributed by atoms with Gasteiger partial charge in [-0.3, -0.25) is 9.69 Å². The number of rotatable bonds is 4. The number of imide groups is 1. The van der Waals surface area contributed by atoms with Crippen molar-refractivity contribution in [1.29, 1.82) is 0 Å². The number of tetrazole rings is 1. The second kappa shape index (κ2) is 6.22. The number of carbonyl (C=O) groups is 2. The van der Waals surface area contributed by atoms with Crippen molar-refractivity contribution >= 4 is 23.8 Å². The Balaban J connectivity index is 1.65. The SMILES string of the molecule is C[C@@]1(c2cccc(-n3cnnn3)c2)NC(=O)N(Cc2nc(N)nc(N)n2)C1=O. The predicted octanol–water partition coefficient (Wildman–Crippen LogP) is -1.02. The summed E-state index contributed by atoms with van der Waals surface area (Å²) >= 11 is 0. The van der Waals surface area contributed by atoms with E-state index < -0.39 is 17.5 Å². The molecule has 1 atom stereocenters. The van der Waals surface area contributed by atoms with Gasteiger partial charge in [0.25, 0.3) is 5.91 Å². The fraction of sp³-hybridized carbons (Fsp3) is 0.200. The highest BCUT2D eigenvalue weighted by Gasteiger charge is 2.49. The first-order valence-electron chi connectivity index (χ1n) is 8.11. The summed E-state index contributed by atoms with van der Waals surface area (Å²) in [6, 6.07) is 6.38. The third-order valence-corrected chi connectivity index (χ3v) is 4.33. The van der Waals surface area contributed by atoms with Gasteiger partial charge in [-0.25, -0.2) is 9.48 Å². The number of hydrogen-bond donors (Lipinski definition) is 3. The second-order valence-corrected chi connectivity index (χ2v) is 6.22. The molecule has 2 aromatic heterocycles. The van der Waals surface area contributed by atoms with Crippen LogP contribution in [0.15, 0.2) is 30.6 Å². The van der Waals surface area contributed by atoms with Gasteiger partial charge in [0.15, 0.2) is 5.82 Å². The first-order chi connectivity index (χ1) is 13.4. The van der Waals surface area contributed by atoms with Crippen LogP contribution in [-0.4, -0.2) is 52.0 Å². The largest absolute Gasteiger partial charge is 0.368 e. The molecule has 0 radical (unpaired) electrons. The lowest BCUT2D eigenvalue weighted by Gasteiger charge is -2.22. The number of benzene rings is 1. The van der Waals surface area contributed by atoms with Crippen LogP contribution in [0.5, 0.6) is 0 Å². The van der Waals surface area contributed by atoms with Crippen molar-refractivity contribution in [2.24, 2.45) is 0 Å². The average Bonchev–Trinajstić information content (AvgIpc) is 3.25. The first kappa shape index (κ1) is 17.3. The van der Waals surface area contributed by atoms with E-state index in [1.165, 1.54) is 11.0 Å². The highest BCUT2D eigenvalue weighted by atomic mass is 16.2. The molecule has 3 aromatic rings. The van der Waals surface area contributed by atoms with Crippen molar-refractivity contribution < 1.29 is 9.59 Å². The minimum absolute atomic E-state index is 0.0912. The maximum atomic E-state index is 13.1. The normalized spacial score (nSPS) is 19.1. The highest BCUT2D eigenvalue weighted by molar-refractivity contribution is 6.07. The van der Waals surface area contributed by atoms with Crippen molar-refractivity contribution in [3.8, 4) is 5.69 Å². The van der Waals surface area contributed by atoms with Crippen molar-refractivity contribution in [3.63, 3.8) is 0 Å². The molecule has 5 N–H and O–H groups in total. The van der Waals surface area contributed by atoms with Gasteiger partial charge in [0.2, 0.25) is 11.9 Å². The fourth-order valence-corrected chi connectivity index (χ4v) is 2.94. The summed E-state index contributed by atoms with van der Waals surface area (Å²) in [5.74, 6) is -0.540. The Labute approximate surface area is 157 Å². The smallest absolute Gasteiger partial charge is 0.325 e. The van der Waals surface area contributed by atoms with Crippen molar-refractivity contribution in [2.75, 3.05) is 11.5 Å². The summed E-state index contributed by atoms with van der Waals surface area (Å²) < 4.78 is 1.45. The van der Waals surface area contributed by atoms with E-state index in [0.717, 1.165) is 4.90 Å². The van der Waals surface area contributed by atoms with Crippen molar-refractivity contribution in [3.05, 3.63) is 42.0 Å². The van der Waals surface area contributed by atoms with Crippen LogP contribution in [0.3, 0.4) is 0 Å². The lowest BCUT2D eigenvalue weighted by molar-refractivity contribution is -0.131. The molecule has 0 unspecified atom stereocenters. The number of nitrogens with zero attached hydrogens (tertiary/aromatic N) is 8. The van der Waals surface area contributed by atoms with Crippen LogP contribution in [0.4, 0.5) is 16.7 Å². The molecule has 0 bridgehead atoms. The molecule has 3 heterocycles. The van der Waals surface area contributed by atoms with E-state index in [0.29, 0.717) is 11.3 Å². The molecule has 1 fully saturated rings. The van der Waals surface area contributed by atoms with Gasteiger partial charge in [0.05, 0.1) is 12.2 Å². The standard InChI is InChI=1S/C15H15N11O2/c1-15(8-3-2-4-9(5-8)26-7-18-23-24-26)11(27)25(14(28)22-15)6-10-19-12(16)21-13(17)20-10/h2-5,7H,6H2,1H3,(H,22,28)(H4,16,17,19,20,21)/t15-/m0/s1. The van der Waals surface area contributed by atoms with E-state index in [-0.39, 0.29) is 24.3 Å². The van der Waals surface area contributed by atoms with Crippen molar-refractivity contribution in [1.82, 2.24) is 45.4 Å². The van der Waals surface area contributed by atoms with Gasteiger partial charge in [0, 0.05) is 0 Å². The van der Waals surface area contributed by atoms with Gasteiger partial charge >= 0.3 is 6.03 Å². The van der Waals surface area contributed by atoms with Crippen LogP contribution in [-0.2, 0) is 16.9 Å². The topological polar surface area (TPSA) is 184 Å². The number of anilines is 2. The highest BCUT2D eigenvalue weighted by Crippen LogP contribution is 2.30. The molecule has 142 valence electrons. The summed E-state index contributed by atoms with van der Waals surface area (Å²) in [7, 11) is 0. The van der Waals surface area contributed by atoms with Crippen LogP contribution < -0.4 is 16.8 Å². The molecule has 1 aromatic carbocycles. The van der Waals surface area contributed by atoms with Crippen LogP contribution in [0.25, 0.3) is 5.69 Å². The monoisotopic (exact) mass is 381 g/mol. The number of nitrogens with two attached hydrogens (primary N) is 2. The number of urea groups is 1. The maximum absolute atomic E-state index is 13.1. The molecular weight excluding hydrogens is 366 g/mol. The molecule has 1 aliphatic heterocycles. The average molecular weight is 381 g/mol. The van der Waals surface area contributed by atoms with E-state index in [1.54, 1.807) is 31.2 Å². The van der Waals surface area contributed by atoms with Gasteiger partial charge in [-0.2, -0.15) is 15.0 Å². The van der Waals surface area contributed by atoms with Gasteiger partial charge in [-0.05, 0) is 35.0 Å². The summed E-state index contributed by atoms with van der Waals surface area (Å²) in [6.45, 7) is 1.42. The third-order valence-electron chi connectivity index (χ3n) is 4.33. The van der Waals surface area contributed by atoms with Gasteiger partial charge in [-0.1, -0.05) is 12.1 Å². The number of amides is 3. The van der Waals surface area contributed by atoms with E-state index in [9.17, 15) is 9.59 Å². The predicted molar refractivity (Wildman–Crippen MR) is 94.2 cm³/mol. The Morgan fingerprint density at radius 3 is 2.57 bits per heavy atom. The number of nitrogen functional groups attached to an aromatic ring is 2. The second-order valence-electron chi connectivity index (χ2n) is 6.22. The number of hydrogen-bond acceptors (Lipinski definition) is 10. The quantitative estimate of drug-likeness (QED) is 0.472. The van der Waals surface area contributed by atoms with Gasteiger partial charge in [-0.15, -0.1) is 5.10 Å². The number of aromatic nitrogens is 7. The lowest BCUT2D eigenvalue weighted by atomic mass is 9.91. The van der Waals surface area contributed by atoms with Crippen LogP contribution in [0.2, 0.25) is 0 Å². The zero-order valence-corrected chi connectivity index (χ0v) is 14.6. The molecule has 0 spiro atoms. The lowest BCUT2D eigenvalue weighted by Crippen LogP contribution is -2.41.